The van der Waals surface area contributed by atoms with Crippen LogP contribution in [0.15, 0.2) is 83.8 Å². The molecular formula is C23H23N3OS2. The summed E-state index contributed by atoms with van der Waals surface area (Å²) in [6.07, 6.45) is 0. The summed E-state index contributed by atoms with van der Waals surface area (Å²) in [5.41, 5.74) is 3.77. The van der Waals surface area contributed by atoms with Crippen molar-refractivity contribution in [2.45, 2.75) is 24.0 Å². The molecule has 3 rings (SSSR count). The Labute approximate surface area is 181 Å². The van der Waals surface area contributed by atoms with Crippen molar-refractivity contribution >= 4 is 52.1 Å². The summed E-state index contributed by atoms with van der Waals surface area (Å²) in [5.74, 6) is -0.0292. The molecule has 0 aliphatic rings. The van der Waals surface area contributed by atoms with E-state index < -0.39 is 0 Å². The number of amides is 1. The Balaban J connectivity index is 1.56. The second kappa shape index (κ2) is 10.1. The van der Waals surface area contributed by atoms with Gasteiger partial charge in [0.25, 0.3) is 0 Å². The van der Waals surface area contributed by atoms with E-state index in [4.69, 9.17) is 12.2 Å². The lowest BCUT2D eigenvalue weighted by Crippen LogP contribution is -2.22. The van der Waals surface area contributed by atoms with Crippen molar-refractivity contribution in [1.29, 1.82) is 0 Å². The van der Waals surface area contributed by atoms with Crippen LogP contribution in [0, 0.1) is 6.92 Å². The third-order valence-electron chi connectivity index (χ3n) is 4.12. The normalized spacial score (nSPS) is 11.4. The highest BCUT2D eigenvalue weighted by atomic mass is 32.2. The first-order chi connectivity index (χ1) is 14.0. The monoisotopic (exact) mass is 421 g/mol. The molecule has 6 heteroatoms. The average molecular weight is 422 g/mol. The molecule has 0 spiro atoms. The lowest BCUT2D eigenvalue weighted by Gasteiger charge is -2.14. The quantitative estimate of drug-likeness (QED) is 0.340. The summed E-state index contributed by atoms with van der Waals surface area (Å²) in [6.45, 7) is 3.92. The molecule has 1 amide bonds. The number of para-hydroxylation sites is 1. The molecule has 3 aromatic rings. The molecule has 0 bridgehead atoms. The van der Waals surface area contributed by atoms with Crippen LogP contribution in [0.2, 0.25) is 0 Å². The summed E-state index contributed by atoms with van der Waals surface area (Å²) in [6, 6.07) is 25.4. The minimum atomic E-state index is -0.235. The first-order valence-electron chi connectivity index (χ1n) is 9.27. The van der Waals surface area contributed by atoms with Crippen LogP contribution in [0.3, 0.4) is 0 Å². The van der Waals surface area contributed by atoms with E-state index in [-0.39, 0.29) is 11.2 Å². The summed E-state index contributed by atoms with van der Waals surface area (Å²) in [4.78, 5) is 13.5. The molecule has 0 aliphatic heterocycles. The van der Waals surface area contributed by atoms with Crippen molar-refractivity contribution in [3.63, 3.8) is 0 Å². The maximum Gasteiger partial charge on any atom is 0.237 e. The number of thiocarbonyl (C=S) groups is 1. The molecular weight excluding hydrogens is 398 g/mol. The molecule has 0 saturated carbocycles. The van der Waals surface area contributed by atoms with Crippen LogP contribution in [0.1, 0.15) is 12.5 Å². The number of aryl methyl sites for hydroxylation is 1. The highest BCUT2D eigenvalue weighted by Crippen LogP contribution is 2.27. The van der Waals surface area contributed by atoms with Crippen LogP contribution in [0.25, 0.3) is 0 Å². The van der Waals surface area contributed by atoms with Gasteiger partial charge in [-0.25, -0.2) is 0 Å². The Kier molecular flexibility index (Phi) is 7.27. The number of nitrogens with one attached hydrogen (secondary N) is 3. The predicted octanol–water partition coefficient (Wildman–Crippen LogP) is 5.92. The van der Waals surface area contributed by atoms with Crippen LogP contribution in [0.4, 0.5) is 17.1 Å². The zero-order chi connectivity index (χ0) is 20.6. The fraction of sp³-hybridized carbons (Fsp3) is 0.130. The molecule has 0 aliphatic carbocycles. The number of anilines is 3. The van der Waals surface area contributed by atoms with Crippen molar-refractivity contribution < 1.29 is 4.79 Å². The number of thioether (sulfide) groups is 1. The molecule has 3 aromatic carbocycles. The van der Waals surface area contributed by atoms with Gasteiger partial charge in [-0.15, -0.1) is 11.8 Å². The van der Waals surface area contributed by atoms with Gasteiger partial charge in [0.05, 0.1) is 5.25 Å². The third kappa shape index (κ3) is 6.62. The van der Waals surface area contributed by atoms with E-state index >= 15 is 0 Å². The fourth-order valence-corrected chi connectivity index (χ4v) is 3.76. The number of hydrogen-bond donors (Lipinski definition) is 3. The molecule has 0 saturated heterocycles. The second-order valence-corrected chi connectivity index (χ2v) is 8.41. The minimum Gasteiger partial charge on any atom is -0.332 e. The number of carbonyl (C=O) groups excluding carboxylic acids is 1. The molecule has 148 valence electrons. The Morgan fingerprint density at radius 1 is 0.828 bits per heavy atom. The van der Waals surface area contributed by atoms with E-state index in [1.807, 2.05) is 92.7 Å². The summed E-state index contributed by atoms with van der Waals surface area (Å²) < 4.78 is 0. The van der Waals surface area contributed by atoms with Gasteiger partial charge in [0.2, 0.25) is 5.91 Å². The zero-order valence-corrected chi connectivity index (χ0v) is 17.9. The van der Waals surface area contributed by atoms with Crippen LogP contribution in [-0.4, -0.2) is 16.3 Å². The molecule has 0 radical (unpaired) electrons. The molecule has 0 fully saturated rings. The highest BCUT2D eigenvalue weighted by molar-refractivity contribution is 8.00. The van der Waals surface area contributed by atoms with Gasteiger partial charge in [0.1, 0.15) is 0 Å². The number of carbonyl (C=O) groups is 1. The van der Waals surface area contributed by atoms with Gasteiger partial charge in [-0.2, -0.15) is 0 Å². The molecule has 0 heterocycles. The molecule has 29 heavy (non-hydrogen) atoms. The van der Waals surface area contributed by atoms with E-state index in [1.54, 1.807) is 0 Å². The first-order valence-corrected chi connectivity index (χ1v) is 10.6. The topological polar surface area (TPSA) is 53.2 Å². The van der Waals surface area contributed by atoms with E-state index in [2.05, 4.69) is 16.0 Å². The van der Waals surface area contributed by atoms with Crippen molar-refractivity contribution in [2.75, 3.05) is 16.0 Å². The van der Waals surface area contributed by atoms with Crippen molar-refractivity contribution in [1.82, 2.24) is 0 Å². The van der Waals surface area contributed by atoms with Gasteiger partial charge in [-0.05, 0) is 68.5 Å². The smallest absolute Gasteiger partial charge is 0.237 e. The zero-order valence-electron chi connectivity index (χ0n) is 16.3. The standard InChI is InChI=1S/C23H23N3OS2/c1-16-11-13-19(14-12-16)24-22(27)17(2)29-21-10-6-9-20(15-21)26-23(28)25-18-7-4-3-5-8-18/h3-15,17H,1-2H3,(H,24,27)(H2,25,26,28). The van der Waals surface area contributed by atoms with Crippen molar-refractivity contribution in [3.8, 4) is 0 Å². The van der Waals surface area contributed by atoms with Crippen LogP contribution in [0.5, 0.6) is 0 Å². The predicted molar refractivity (Wildman–Crippen MR) is 128 cm³/mol. The van der Waals surface area contributed by atoms with Crippen LogP contribution in [-0.2, 0) is 4.79 Å². The Morgan fingerprint density at radius 3 is 2.17 bits per heavy atom. The SMILES string of the molecule is Cc1ccc(NC(=O)C(C)Sc2cccc(NC(=S)Nc3ccccc3)c2)cc1. The second-order valence-electron chi connectivity index (χ2n) is 6.59. The third-order valence-corrected chi connectivity index (χ3v) is 5.42. The van der Waals surface area contributed by atoms with Gasteiger partial charge in [-0.3, -0.25) is 4.79 Å². The number of benzene rings is 3. The van der Waals surface area contributed by atoms with Crippen molar-refractivity contribution in [2.24, 2.45) is 0 Å². The van der Waals surface area contributed by atoms with E-state index in [0.717, 1.165) is 27.5 Å². The summed E-state index contributed by atoms with van der Waals surface area (Å²) in [5, 5.41) is 9.57. The van der Waals surface area contributed by atoms with Gasteiger partial charge in [0.15, 0.2) is 5.11 Å². The van der Waals surface area contributed by atoms with Gasteiger partial charge in [-0.1, -0.05) is 42.0 Å². The molecule has 3 N–H and O–H groups in total. The number of hydrogen-bond acceptors (Lipinski definition) is 3. The maximum absolute atomic E-state index is 12.5. The fourth-order valence-electron chi connectivity index (χ4n) is 2.60. The van der Waals surface area contributed by atoms with E-state index in [9.17, 15) is 4.79 Å². The van der Waals surface area contributed by atoms with Gasteiger partial charge in [0, 0.05) is 22.0 Å². The Bertz CT molecular complexity index is 975. The van der Waals surface area contributed by atoms with Crippen LogP contribution >= 0.6 is 24.0 Å². The Hall–Kier alpha value is -2.83. The lowest BCUT2D eigenvalue weighted by molar-refractivity contribution is -0.115. The minimum absolute atomic E-state index is 0.0292. The molecule has 0 aromatic heterocycles. The van der Waals surface area contributed by atoms with Gasteiger partial charge < -0.3 is 16.0 Å². The Morgan fingerprint density at radius 2 is 1.45 bits per heavy atom. The molecule has 1 atom stereocenters. The summed E-state index contributed by atoms with van der Waals surface area (Å²) in [7, 11) is 0. The molecule has 4 nitrogen and oxygen atoms in total. The number of rotatable bonds is 6. The highest BCUT2D eigenvalue weighted by Gasteiger charge is 2.15. The van der Waals surface area contributed by atoms with Gasteiger partial charge >= 0.3 is 0 Å². The maximum atomic E-state index is 12.5. The van der Waals surface area contributed by atoms with E-state index in [1.165, 1.54) is 11.8 Å². The average Bonchev–Trinajstić information content (AvgIpc) is 2.70. The lowest BCUT2D eigenvalue weighted by atomic mass is 10.2. The molecule has 1 unspecified atom stereocenters. The van der Waals surface area contributed by atoms with Crippen LogP contribution < -0.4 is 16.0 Å². The first kappa shape index (κ1) is 20.9. The largest absolute Gasteiger partial charge is 0.332 e. The van der Waals surface area contributed by atoms with E-state index in [0.29, 0.717) is 5.11 Å². The summed E-state index contributed by atoms with van der Waals surface area (Å²) >= 11 is 6.88. The van der Waals surface area contributed by atoms with Crippen molar-refractivity contribution in [3.05, 3.63) is 84.4 Å².